The molecule has 4 N–H and O–H groups in total. The number of amides is 1. The van der Waals surface area contributed by atoms with Crippen LogP contribution in [0.3, 0.4) is 0 Å². The minimum absolute atomic E-state index is 0.152. The van der Waals surface area contributed by atoms with Gasteiger partial charge >= 0.3 is 0 Å². The van der Waals surface area contributed by atoms with Crippen molar-refractivity contribution in [1.29, 1.82) is 0 Å². The monoisotopic (exact) mass is 460 g/mol. The molecule has 0 spiro atoms. The van der Waals surface area contributed by atoms with Crippen LogP contribution in [0.4, 0.5) is 5.82 Å². The number of hydrogen-bond donors (Lipinski definition) is 3. The number of carbonyl (C=O) groups excluding carboxylic acids is 1. The Hall–Kier alpha value is -4.02. The van der Waals surface area contributed by atoms with Gasteiger partial charge in [0.2, 0.25) is 0 Å². The number of hydrogen-bond acceptors (Lipinski definition) is 8. The summed E-state index contributed by atoms with van der Waals surface area (Å²) in [6.07, 6.45) is 0.607. The normalized spacial score (nSPS) is 16.6. The third-order valence-corrected chi connectivity index (χ3v) is 5.90. The lowest BCUT2D eigenvalue weighted by Crippen LogP contribution is -2.39. The average molecular weight is 460 g/mol. The number of likely N-dealkylation sites (tertiary alicyclic amines) is 1. The summed E-state index contributed by atoms with van der Waals surface area (Å²) < 4.78 is 7.65. The Morgan fingerprint density at radius 1 is 1.12 bits per heavy atom. The molecule has 1 saturated heterocycles. The number of aliphatic hydroxyl groups is 2. The summed E-state index contributed by atoms with van der Waals surface area (Å²) in [4.78, 5) is 22.4. The zero-order chi connectivity index (χ0) is 23.7. The Balaban J connectivity index is 1.46. The highest BCUT2D eigenvalue weighted by Gasteiger charge is 2.33. The fourth-order valence-corrected chi connectivity index (χ4v) is 4.19. The van der Waals surface area contributed by atoms with E-state index in [0.29, 0.717) is 47.8 Å². The van der Waals surface area contributed by atoms with Gasteiger partial charge in [-0.05, 0) is 42.8 Å². The summed E-state index contributed by atoms with van der Waals surface area (Å²) in [6.45, 7) is 0.186. The van der Waals surface area contributed by atoms with Crippen LogP contribution in [0.5, 0.6) is 11.5 Å². The van der Waals surface area contributed by atoms with Crippen molar-refractivity contribution in [3.8, 4) is 22.8 Å². The second-order valence-electron chi connectivity index (χ2n) is 8.12. The number of nitrogen functional groups attached to an aromatic ring is 1. The van der Waals surface area contributed by atoms with Gasteiger partial charge in [-0.1, -0.05) is 18.2 Å². The van der Waals surface area contributed by atoms with Crippen LogP contribution in [0.15, 0.2) is 60.9 Å². The first-order chi connectivity index (χ1) is 16.5. The summed E-state index contributed by atoms with van der Waals surface area (Å²) >= 11 is 0. The van der Waals surface area contributed by atoms with E-state index < -0.39 is 18.6 Å². The van der Waals surface area contributed by atoms with Crippen LogP contribution in [0.2, 0.25) is 0 Å². The molecule has 4 aromatic rings. The molecular formula is C24H24N6O4. The molecule has 2 atom stereocenters. The number of aliphatic hydroxyl groups excluding tert-OH is 2. The smallest absolute Gasteiger partial charge is 0.253 e. The molecule has 174 valence electrons. The minimum atomic E-state index is -1.42. The van der Waals surface area contributed by atoms with E-state index >= 15 is 0 Å². The molecule has 34 heavy (non-hydrogen) atoms. The highest BCUT2D eigenvalue weighted by Crippen LogP contribution is 2.35. The maximum absolute atomic E-state index is 12.3. The van der Waals surface area contributed by atoms with Gasteiger partial charge in [0.25, 0.3) is 5.91 Å². The Bertz CT molecular complexity index is 1310. The number of para-hydroxylation sites is 1. The van der Waals surface area contributed by atoms with Crippen LogP contribution >= 0.6 is 0 Å². The fourth-order valence-electron chi connectivity index (χ4n) is 4.19. The predicted molar refractivity (Wildman–Crippen MR) is 125 cm³/mol. The zero-order valence-electron chi connectivity index (χ0n) is 18.3. The molecule has 2 aromatic carbocycles. The van der Waals surface area contributed by atoms with Crippen molar-refractivity contribution in [3.63, 3.8) is 0 Å². The van der Waals surface area contributed by atoms with Gasteiger partial charge in [-0.25, -0.2) is 14.6 Å². The molecule has 1 amide bonds. The van der Waals surface area contributed by atoms with Crippen LogP contribution in [0, 0.1) is 0 Å². The van der Waals surface area contributed by atoms with Gasteiger partial charge in [-0.2, -0.15) is 5.10 Å². The van der Waals surface area contributed by atoms with Crippen molar-refractivity contribution in [3.05, 3.63) is 60.9 Å². The first-order valence-electron chi connectivity index (χ1n) is 10.9. The van der Waals surface area contributed by atoms with E-state index in [4.69, 9.17) is 20.7 Å². The molecule has 0 aliphatic carbocycles. The van der Waals surface area contributed by atoms with Gasteiger partial charge in [0.1, 0.15) is 29.3 Å². The van der Waals surface area contributed by atoms with E-state index in [1.165, 1.54) is 11.2 Å². The Morgan fingerprint density at radius 3 is 2.59 bits per heavy atom. The van der Waals surface area contributed by atoms with E-state index in [1.807, 2.05) is 54.6 Å². The fraction of sp³-hybridized carbons (Fsp3) is 0.250. The molecule has 0 saturated carbocycles. The number of ether oxygens (including phenoxy) is 1. The van der Waals surface area contributed by atoms with E-state index in [2.05, 4.69) is 9.97 Å². The molecule has 5 rings (SSSR count). The quantitative estimate of drug-likeness (QED) is 0.397. The van der Waals surface area contributed by atoms with Crippen molar-refractivity contribution in [2.24, 2.45) is 0 Å². The van der Waals surface area contributed by atoms with Crippen LogP contribution in [0.1, 0.15) is 12.5 Å². The van der Waals surface area contributed by atoms with Crippen LogP contribution in [-0.2, 0) is 4.79 Å². The highest BCUT2D eigenvalue weighted by atomic mass is 16.5. The Labute approximate surface area is 195 Å². The third kappa shape index (κ3) is 4.04. The maximum Gasteiger partial charge on any atom is 0.253 e. The molecule has 0 radical (unpaired) electrons. The zero-order valence-corrected chi connectivity index (χ0v) is 18.3. The van der Waals surface area contributed by atoms with E-state index in [-0.39, 0.29) is 6.04 Å². The number of aromatic nitrogens is 4. The standard InChI is InChI=1S/C24H24N6O4/c25-22-20-21(15-6-8-18(9-7-15)34-17-4-2-1-3-5-17)28-30(23(20)27-14-26-22)16-10-11-29(12-16)24(33)19(32)13-31/h1-9,14,16,19,31-32H,10-13H2,(H2,25,26,27)/t16-,19?/m0/s1. The molecule has 10 nitrogen and oxygen atoms in total. The van der Waals surface area contributed by atoms with Crippen LogP contribution in [0.25, 0.3) is 22.3 Å². The third-order valence-electron chi connectivity index (χ3n) is 5.90. The topological polar surface area (TPSA) is 140 Å². The molecule has 1 unspecified atom stereocenters. The van der Waals surface area contributed by atoms with Crippen molar-refractivity contribution in [2.75, 3.05) is 25.4 Å². The highest BCUT2D eigenvalue weighted by molar-refractivity contribution is 5.98. The van der Waals surface area contributed by atoms with Crippen molar-refractivity contribution < 1.29 is 19.7 Å². The SMILES string of the molecule is Nc1ncnc2c1c(-c1ccc(Oc3ccccc3)cc1)nn2[C@H]1CCN(C(=O)C(O)CO)C1. The summed E-state index contributed by atoms with van der Waals surface area (Å²) in [5.41, 5.74) is 8.26. The lowest BCUT2D eigenvalue weighted by molar-refractivity contribution is -0.141. The molecule has 3 heterocycles. The minimum Gasteiger partial charge on any atom is -0.457 e. The van der Waals surface area contributed by atoms with Gasteiger partial charge in [-0.15, -0.1) is 0 Å². The number of fused-ring (bicyclic) bond motifs is 1. The van der Waals surface area contributed by atoms with Gasteiger partial charge in [0.15, 0.2) is 11.8 Å². The lowest BCUT2D eigenvalue weighted by atomic mass is 10.1. The molecule has 10 heteroatoms. The Morgan fingerprint density at radius 2 is 1.85 bits per heavy atom. The second kappa shape index (κ2) is 9.08. The average Bonchev–Trinajstić information content (AvgIpc) is 3.50. The summed E-state index contributed by atoms with van der Waals surface area (Å²) in [6, 6.07) is 16.9. The summed E-state index contributed by atoms with van der Waals surface area (Å²) in [5, 5.41) is 24.3. The number of carbonyl (C=O) groups is 1. The predicted octanol–water partition coefficient (Wildman–Crippen LogP) is 1.99. The molecule has 1 aliphatic heterocycles. The first kappa shape index (κ1) is 21.8. The van der Waals surface area contributed by atoms with Crippen molar-refractivity contribution >= 4 is 22.8 Å². The van der Waals surface area contributed by atoms with Crippen molar-refractivity contribution in [2.45, 2.75) is 18.6 Å². The van der Waals surface area contributed by atoms with E-state index in [1.54, 1.807) is 4.68 Å². The first-order valence-corrected chi connectivity index (χ1v) is 10.9. The van der Waals surface area contributed by atoms with Gasteiger partial charge in [0.05, 0.1) is 18.0 Å². The van der Waals surface area contributed by atoms with E-state index in [9.17, 15) is 9.90 Å². The molecule has 0 bridgehead atoms. The summed E-state index contributed by atoms with van der Waals surface area (Å²) in [5.74, 6) is 1.26. The van der Waals surface area contributed by atoms with Gasteiger partial charge < -0.3 is 25.6 Å². The number of anilines is 1. The Kier molecular flexibility index (Phi) is 5.83. The number of nitrogens with zero attached hydrogens (tertiary/aromatic N) is 5. The largest absolute Gasteiger partial charge is 0.457 e. The molecular weight excluding hydrogens is 436 g/mol. The van der Waals surface area contributed by atoms with Crippen molar-refractivity contribution in [1.82, 2.24) is 24.6 Å². The summed E-state index contributed by atoms with van der Waals surface area (Å²) in [7, 11) is 0. The van der Waals surface area contributed by atoms with Gasteiger partial charge in [-0.3, -0.25) is 4.79 Å². The second-order valence-corrected chi connectivity index (χ2v) is 8.12. The molecule has 2 aromatic heterocycles. The van der Waals surface area contributed by atoms with Crippen LogP contribution in [-0.4, -0.2) is 66.6 Å². The lowest BCUT2D eigenvalue weighted by Gasteiger charge is -2.19. The molecule has 1 fully saturated rings. The number of rotatable bonds is 6. The van der Waals surface area contributed by atoms with Gasteiger partial charge in [0, 0.05) is 18.7 Å². The maximum atomic E-state index is 12.3. The van der Waals surface area contributed by atoms with E-state index in [0.717, 1.165) is 11.3 Å². The number of benzene rings is 2. The number of nitrogens with two attached hydrogens (primary N) is 1. The molecule has 1 aliphatic rings. The van der Waals surface area contributed by atoms with Crippen LogP contribution < -0.4 is 10.5 Å².